The van der Waals surface area contributed by atoms with Crippen LogP contribution in [0.15, 0.2) is 72.8 Å². The minimum Gasteiger partial charge on any atom is -0.354 e. The monoisotopic (exact) mass is 684 g/mol. The van der Waals surface area contributed by atoms with E-state index in [4.69, 9.17) is 0 Å². The van der Waals surface area contributed by atoms with Crippen LogP contribution in [0.4, 0.5) is 0 Å². The average Bonchev–Trinajstić information content (AvgIpc) is 3.85. The van der Waals surface area contributed by atoms with Gasteiger partial charge in [-0.25, -0.2) is 0 Å². The molecule has 4 N–H and O–H groups in total. The van der Waals surface area contributed by atoms with Crippen LogP contribution in [-0.4, -0.2) is 19.9 Å². The summed E-state index contributed by atoms with van der Waals surface area (Å²) in [6, 6.07) is 28.4. The fourth-order valence-corrected chi connectivity index (χ4v) is 8.21. The summed E-state index contributed by atoms with van der Waals surface area (Å²) in [5.74, 6) is 0. The number of H-pyrrole nitrogens is 4. The Kier molecular flexibility index (Phi) is 6.54. The summed E-state index contributed by atoms with van der Waals surface area (Å²) in [5.41, 5.74) is 14.3. The zero-order chi connectivity index (χ0) is 36.9. The number of aromatic nitrogens is 4. The lowest BCUT2D eigenvalue weighted by atomic mass is 9.84. The first-order valence-electron chi connectivity index (χ1n) is 18.9. The number of benzene rings is 4. The van der Waals surface area contributed by atoms with E-state index in [1.807, 2.05) is 0 Å². The Morgan fingerprint density at radius 2 is 0.462 bits per heavy atom. The first-order chi connectivity index (χ1) is 24.3. The number of rotatable bonds is 0. The number of aromatic amines is 4. The van der Waals surface area contributed by atoms with Crippen molar-refractivity contribution in [3.05, 3.63) is 95.1 Å². The SMILES string of the molecule is CC(C)(C)c1cc2c3ccc([nH]3)c3cc(C(C)(C)C)cc4c5cc(C(C)(C)C)cc(c6ccc([nH]6)c6cc(C(C)(C)C)cc7c(c1)c2[nH]c67)c5[nH]c34. The Labute approximate surface area is 306 Å². The number of nitrogens with one attached hydrogen (secondary N) is 4. The molecular weight excluding hydrogens is 633 g/mol. The van der Waals surface area contributed by atoms with E-state index >= 15 is 0 Å². The third-order valence-corrected chi connectivity index (χ3v) is 11.6. The molecule has 0 aliphatic rings. The van der Waals surface area contributed by atoms with Crippen LogP contribution >= 0.6 is 0 Å². The second-order valence-corrected chi connectivity index (χ2v) is 19.6. The highest BCUT2D eigenvalue weighted by molar-refractivity contribution is 6.24. The summed E-state index contributed by atoms with van der Waals surface area (Å²) in [4.78, 5) is 15.9. The molecule has 0 radical (unpaired) electrons. The maximum Gasteiger partial charge on any atom is 0.0559 e. The van der Waals surface area contributed by atoms with Crippen LogP contribution in [0.25, 0.3) is 87.2 Å². The van der Waals surface area contributed by atoms with Crippen molar-refractivity contribution < 1.29 is 0 Å². The number of hydrogen-bond acceptors (Lipinski definition) is 0. The molecule has 8 bridgehead atoms. The molecule has 0 saturated heterocycles. The molecule has 0 amide bonds. The molecule has 0 fully saturated rings. The maximum atomic E-state index is 4.00. The molecule has 9 aromatic rings. The van der Waals surface area contributed by atoms with Gasteiger partial charge in [0, 0.05) is 65.2 Å². The number of hydrogen-bond donors (Lipinski definition) is 4. The third kappa shape index (κ3) is 4.94. The van der Waals surface area contributed by atoms with Crippen LogP contribution in [0, 0.1) is 0 Å². The van der Waals surface area contributed by atoms with Gasteiger partial charge >= 0.3 is 0 Å². The lowest BCUT2D eigenvalue weighted by Gasteiger charge is -2.21. The summed E-state index contributed by atoms with van der Waals surface area (Å²) < 4.78 is 0. The van der Waals surface area contributed by atoms with Crippen LogP contribution < -0.4 is 0 Å². The van der Waals surface area contributed by atoms with Crippen molar-refractivity contribution in [1.82, 2.24) is 19.9 Å². The Bertz CT molecular complexity index is 2580. The van der Waals surface area contributed by atoms with Gasteiger partial charge in [-0.1, -0.05) is 83.1 Å². The predicted molar refractivity (Wildman–Crippen MR) is 228 cm³/mol. The molecule has 0 aliphatic heterocycles. The maximum absolute atomic E-state index is 4.00. The molecule has 5 aromatic heterocycles. The highest BCUT2D eigenvalue weighted by Crippen LogP contribution is 2.42. The fraction of sp³-hybridized carbons (Fsp3) is 0.333. The smallest absolute Gasteiger partial charge is 0.0559 e. The minimum atomic E-state index is -0.0281. The first-order valence-corrected chi connectivity index (χ1v) is 18.9. The second-order valence-electron chi connectivity index (χ2n) is 19.6. The van der Waals surface area contributed by atoms with Crippen molar-refractivity contribution >= 4 is 87.2 Å². The van der Waals surface area contributed by atoms with E-state index in [-0.39, 0.29) is 21.7 Å². The molecule has 0 spiro atoms. The fourth-order valence-electron chi connectivity index (χ4n) is 8.21. The molecule has 4 heteroatoms. The molecule has 4 aromatic carbocycles. The van der Waals surface area contributed by atoms with E-state index in [0.717, 1.165) is 44.1 Å². The summed E-state index contributed by atoms with van der Waals surface area (Å²) >= 11 is 0. The zero-order valence-corrected chi connectivity index (χ0v) is 32.9. The molecule has 5 heterocycles. The molecule has 0 saturated carbocycles. The third-order valence-electron chi connectivity index (χ3n) is 11.6. The quantitative estimate of drug-likeness (QED) is 0.123. The minimum absolute atomic E-state index is 0.0281. The normalized spacial score (nSPS) is 13.8. The van der Waals surface area contributed by atoms with Gasteiger partial charge in [0.15, 0.2) is 0 Å². The van der Waals surface area contributed by atoms with Crippen molar-refractivity contribution in [2.75, 3.05) is 0 Å². The van der Waals surface area contributed by atoms with Gasteiger partial charge in [0.2, 0.25) is 0 Å². The second kappa shape index (κ2) is 10.3. The van der Waals surface area contributed by atoms with Crippen LogP contribution in [0.5, 0.6) is 0 Å². The average molecular weight is 685 g/mol. The van der Waals surface area contributed by atoms with Crippen molar-refractivity contribution in [1.29, 1.82) is 0 Å². The molecule has 52 heavy (non-hydrogen) atoms. The van der Waals surface area contributed by atoms with Gasteiger partial charge < -0.3 is 19.9 Å². The molecule has 0 aliphatic carbocycles. The zero-order valence-electron chi connectivity index (χ0n) is 32.9. The Morgan fingerprint density at radius 3 is 0.654 bits per heavy atom. The molecule has 0 unspecified atom stereocenters. The van der Waals surface area contributed by atoms with Gasteiger partial charge in [0.25, 0.3) is 0 Å². The highest BCUT2D eigenvalue weighted by atomic mass is 14.8. The standard InChI is InChI=1S/C48H52N4/c1-45(2,3)25-17-29-30-18-26(46(4,5)6)22-34-39-15-16-40(50-39)36-24-28(48(10,11)12)20-32-31-19-27(47(7,8)9)23-35(43(31)52-44(32)36)38-14-13-37(49-38)33(21-25)41(29)51-42(30)34/h13-24,49-52H,1-12H3. The van der Waals surface area contributed by atoms with Gasteiger partial charge in [0.05, 0.1) is 22.1 Å². The lowest BCUT2D eigenvalue weighted by molar-refractivity contribution is 0.591. The van der Waals surface area contributed by atoms with E-state index in [0.29, 0.717) is 0 Å². The van der Waals surface area contributed by atoms with Crippen molar-refractivity contribution in [2.45, 2.75) is 105 Å². The largest absolute Gasteiger partial charge is 0.354 e. The van der Waals surface area contributed by atoms with E-state index < -0.39 is 0 Å². The first kappa shape index (κ1) is 32.9. The topological polar surface area (TPSA) is 63.2 Å². The van der Waals surface area contributed by atoms with Crippen LogP contribution in [0.2, 0.25) is 0 Å². The van der Waals surface area contributed by atoms with Crippen molar-refractivity contribution in [3.63, 3.8) is 0 Å². The summed E-state index contributed by atoms with van der Waals surface area (Å²) in [6.07, 6.45) is 0. The molecule has 9 rings (SSSR count). The van der Waals surface area contributed by atoms with E-state index in [1.54, 1.807) is 0 Å². The summed E-state index contributed by atoms with van der Waals surface area (Å²) in [6.45, 7) is 27.8. The molecule has 0 atom stereocenters. The van der Waals surface area contributed by atoms with Gasteiger partial charge in [-0.3, -0.25) is 0 Å². The van der Waals surface area contributed by atoms with Gasteiger partial charge in [-0.2, -0.15) is 0 Å². The molecule has 4 nitrogen and oxygen atoms in total. The molecule has 264 valence electrons. The van der Waals surface area contributed by atoms with Gasteiger partial charge in [-0.15, -0.1) is 0 Å². The van der Waals surface area contributed by atoms with Crippen LogP contribution in [0.1, 0.15) is 105 Å². The van der Waals surface area contributed by atoms with E-state index in [2.05, 4.69) is 176 Å². The molecular formula is C48H52N4. The number of fused-ring (bicyclic) bond motifs is 10. The predicted octanol–water partition coefficient (Wildman–Crippen LogP) is 14.0. The highest BCUT2D eigenvalue weighted by Gasteiger charge is 2.24. The Balaban J connectivity index is 1.61. The Hall–Kier alpha value is -4.96. The summed E-state index contributed by atoms with van der Waals surface area (Å²) in [7, 11) is 0. The Morgan fingerprint density at radius 1 is 0.269 bits per heavy atom. The van der Waals surface area contributed by atoms with E-state index in [9.17, 15) is 0 Å². The van der Waals surface area contributed by atoms with Crippen LogP contribution in [0.3, 0.4) is 0 Å². The van der Waals surface area contributed by atoms with Crippen LogP contribution in [-0.2, 0) is 21.7 Å². The lowest BCUT2D eigenvalue weighted by Crippen LogP contribution is -2.11. The van der Waals surface area contributed by atoms with Crippen molar-refractivity contribution in [3.8, 4) is 0 Å². The van der Waals surface area contributed by atoms with E-state index in [1.165, 1.54) is 65.3 Å². The van der Waals surface area contributed by atoms with Gasteiger partial charge in [0.1, 0.15) is 0 Å². The van der Waals surface area contributed by atoms with Crippen molar-refractivity contribution in [2.24, 2.45) is 0 Å². The summed E-state index contributed by atoms with van der Waals surface area (Å²) in [5, 5.41) is 9.86. The van der Waals surface area contributed by atoms with Gasteiger partial charge in [-0.05, 0) is 117 Å².